The molecule has 0 amide bonds. The van der Waals surface area contributed by atoms with Crippen LogP contribution in [-0.2, 0) is 20.0 Å². The number of hydrogen-bond donors (Lipinski definition) is 1. The molecule has 114 valence electrons. The SMILES string of the molecule is CCCc1c(NCC)ncnc1N(C)Cc1cnn(C)c1. The van der Waals surface area contributed by atoms with Crippen LogP contribution in [0.5, 0.6) is 0 Å². The van der Waals surface area contributed by atoms with Crippen molar-refractivity contribution in [3.63, 3.8) is 0 Å². The Morgan fingerprint density at radius 2 is 2.10 bits per heavy atom. The van der Waals surface area contributed by atoms with Crippen molar-refractivity contribution in [3.05, 3.63) is 29.8 Å². The second-order valence-electron chi connectivity index (χ2n) is 5.18. The third kappa shape index (κ3) is 3.71. The molecule has 6 heteroatoms. The van der Waals surface area contributed by atoms with Gasteiger partial charge in [-0.05, 0) is 13.3 Å². The fraction of sp³-hybridized carbons (Fsp3) is 0.533. The Labute approximate surface area is 126 Å². The molecule has 0 atom stereocenters. The molecule has 0 radical (unpaired) electrons. The van der Waals surface area contributed by atoms with Gasteiger partial charge in [-0.2, -0.15) is 5.10 Å². The van der Waals surface area contributed by atoms with Gasteiger partial charge in [0.25, 0.3) is 0 Å². The molecule has 0 aromatic carbocycles. The average Bonchev–Trinajstić information content (AvgIpc) is 2.86. The first-order valence-corrected chi connectivity index (χ1v) is 7.42. The maximum absolute atomic E-state index is 4.49. The van der Waals surface area contributed by atoms with Crippen LogP contribution in [0.15, 0.2) is 18.7 Å². The van der Waals surface area contributed by atoms with E-state index >= 15 is 0 Å². The van der Waals surface area contributed by atoms with E-state index in [1.807, 2.05) is 24.1 Å². The van der Waals surface area contributed by atoms with E-state index in [2.05, 4.69) is 46.2 Å². The van der Waals surface area contributed by atoms with E-state index < -0.39 is 0 Å². The monoisotopic (exact) mass is 288 g/mol. The van der Waals surface area contributed by atoms with Crippen molar-refractivity contribution in [2.24, 2.45) is 7.05 Å². The summed E-state index contributed by atoms with van der Waals surface area (Å²) >= 11 is 0. The molecule has 6 nitrogen and oxygen atoms in total. The fourth-order valence-electron chi connectivity index (χ4n) is 2.43. The highest BCUT2D eigenvalue weighted by molar-refractivity contribution is 5.58. The second-order valence-corrected chi connectivity index (χ2v) is 5.18. The van der Waals surface area contributed by atoms with Crippen molar-refractivity contribution in [1.82, 2.24) is 19.7 Å². The molecule has 2 aromatic rings. The first kappa shape index (κ1) is 15.3. The minimum atomic E-state index is 0.785. The van der Waals surface area contributed by atoms with Gasteiger partial charge < -0.3 is 10.2 Å². The molecule has 2 heterocycles. The van der Waals surface area contributed by atoms with Crippen LogP contribution in [0.1, 0.15) is 31.4 Å². The van der Waals surface area contributed by atoms with Crippen molar-refractivity contribution >= 4 is 11.6 Å². The number of nitrogens with zero attached hydrogens (tertiary/aromatic N) is 5. The predicted octanol–water partition coefficient (Wildman–Crippen LogP) is 2.23. The minimum Gasteiger partial charge on any atom is -0.370 e. The van der Waals surface area contributed by atoms with Crippen LogP contribution < -0.4 is 10.2 Å². The third-order valence-electron chi connectivity index (χ3n) is 3.31. The molecule has 0 aliphatic rings. The van der Waals surface area contributed by atoms with Crippen LogP contribution in [0.25, 0.3) is 0 Å². The van der Waals surface area contributed by atoms with Gasteiger partial charge in [-0.1, -0.05) is 13.3 Å². The van der Waals surface area contributed by atoms with Crippen LogP contribution in [0, 0.1) is 0 Å². The predicted molar refractivity (Wildman–Crippen MR) is 85.5 cm³/mol. The number of hydrogen-bond acceptors (Lipinski definition) is 5. The minimum absolute atomic E-state index is 0.785. The number of rotatable bonds is 7. The van der Waals surface area contributed by atoms with Crippen molar-refractivity contribution < 1.29 is 0 Å². The van der Waals surface area contributed by atoms with E-state index in [9.17, 15) is 0 Å². The summed E-state index contributed by atoms with van der Waals surface area (Å²) in [5.74, 6) is 1.94. The quantitative estimate of drug-likeness (QED) is 0.846. The highest BCUT2D eigenvalue weighted by Crippen LogP contribution is 2.25. The van der Waals surface area contributed by atoms with Gasteiger partial charge in [0, 0.05) is 44.5 Å². The highest BCUT2D eigenvalue weighted by Gasteiger charge is 2.14. The molecule has 0 bridgehead atoms. The third-order valence-corrected chi connectivity index (χ3v) is 3.31. The summed E-state index contributed by atoms with van der Waals surface area (Å²) in [5, 5.41) is 7.54. The standard InChI is InChI=1S/C15H24N6/c1-5-7-13-14(16-6-2)17-11-18-15(13)20(3)9-12-8-19-21(4)10-12/h8,10-11H,5-7,9H2,1-4H3,(H,16,17,18). The molecule has 2 aromatic heterocycles. The molecule has 0 spiro atoms. The zero-order chi connectivity index (χ0) is 15.2. The van der Waals surface area contributed by atoms with Crippen LogP contribution in [-0.4, -0.2) is 33.3 Å². The lowest BCUT2D eigenvalue weighted by Gasteiger charge is -2.22. The van der Waals surface area contributed by atoms with E-state index in [0.29, 0.717) is 0 Å². The average molecular weight is 288 g/mol. The lowest BCUT2D eigenvalue weighted by atomic mass is 10.1. The van der Waals surface area contributed by atoms with Gasteiger partial charge in [0.2, 0.25) is 0 Å². The molecule has 2 rings (SSSR count). The molecular weight excluding hydrogens is 264 g/mol. The first-order valence-electron chi connectivity index (χ1n) is 7.42. The van der Waals surface area contributed by atoms with E-state index in [-0.39, 0.29) is 0 Å². The van der Waals surface area contributed by atoms with Crippen molar-refractivity contribution in [3.8, 4) is 0 Å². The first-order chi connectivity index (χ1) is 10.2. The molecular formula is C15H24N6. The number of aromatic nitrogens is 4. The molecule has 0 aliphatic carbocycles. The zero-order valence-corrected chi connectivity index (χ0v) is 13.3. The van der Waals surface area contributed by atoms with Crippen molar-refractivity contribution in [1.29, 1.82) is 0 Å². The summed E-state index contributed by atoms with van der Waals surface area (Å²) in [7, 11) is 3.99. The summed E-state index contributed by atoms with van der Waals surface area (Å²) < 4.78 is 1.82. The van der Waals surface area contributed by atoms with E-state index in [0.717, 1.165) is 37.6 Å². The van der Waals surface area contributed by atoms with Crippen molar-refractivity contribution in [2.45, 2.75) is 33.2 Å². The summed E-state index contributed by atoms with van der Waals surface area (Å²) in [6, 6.07) is 0. The molecule has 21 heavy (non-hydrogen) atoms. The fourth-order valence-corrected chi connectivity index (χ4v) is 2.43. The largest absolute Gasteiger partial charge is 0.370 e. The Kier molecular flexibility index (Phi) is 5.14. The van der Waals surface area contributed by atoms with E-state index in [1.165, 1.54) is 11.1 Å². The Morgan fingerprint density at radius 1 is 1.29 bits per heavy atom. The van der Waals surface area contributed by atoms with Gasteiger partial charge in [0.1, 0.15) is 18.0 Å². The zero-order valence-electron chi connectivity index (χ0n) is 13.3. The summed E-state index contributed by atoms with van der Waals surface area (Å²) in [5.41, 5.74) is 2.36. The van der Waals surface area contributed by atoms with Crippen LogP contribution in [0.4, 0.5) is 11.6 Å². The van der Waals surface area contributed by atoms with Gasteiger partial charge in [-0.3, -0.25) is 4.68 Å². The maximum Gasteiger partial charge on any atom is 0.137 e. The topological polar surface area (TPSA) is 58.9 Å². The van der Waals surface area contributed by atoms with Crippen molar-refractivity contribution in [2.75, 3.05) is 23.8 Å². The summed E-state index contributed by atoms with van der Waals surface area (Å²) in [6.45, 7) is 5.90. The van der Waals surface area contributed by atoms with E-state index in [4.69, 9.17) is 0 Å². The number of nitrogens with one attached hydrogen (secondary N) is 1. The number of aryl methyl sites for hydroxylation is 1. The van der Waals surface area contributed by atoms with Gasteiger partial charge in [0.05, 0.1) is 6.20 Å². The van der Waals surface area contributed by atoms with E-state index in [1.54, 1.807) is 6.33 Å². The van der Waals surface area contributed by atoms with Crippen LogP contribution in [0.2, 0.25) is 0 Å². The molecule has 0 aliphatic heterocycles. The van der Waals surface area contributed by atoms with Gasteiger partial charge in [0.15, 0.2) is 0 Å². The summed E-state index contributed by atoms with van der Waals surface area (Å²) in [6.07, 6.45) is 7.59. The van der Waals surface area contributed by atoms with Crippen LogP contribution in [0.3, 0.4) is 0 Å². The molecule has 1 N–H and O–H groups in total. The lowest BCUT2D eigenvalue weighted by Crippen LogP contribution is -2.20. The Balaban J connectivity index is 2.26. The second kappa shape index (κ2) is 7.06. The molecule has 0 fully saturated rings. The molecule has 0 saturated carbocycles. The Hall–Kier alpha value is -2.11. The molecule has 0 unspecified atom stereocenters. The Morgan fingerprint density at radius 3 is 2.71 bits per heavy atom. The normalized spacial score (nSPS) is 10.7. The number of anilines is 2. The van der Waals surface area contributed by atoms with Gasteiger partial charge in [-0.15, -0.1) is 0 Å². The lowest BCUT2D eigenvalue weighted by molar-refractivity contribution is 0.766. The van der Waals surface area contributed by atoms with Crippen LogP contribution >= 0.6 is 0 Å². The highest BCUT2D eigenvalue weighted by atomic mass is 15.2. The Bertz CT molecular complexity index is 577. The maximum atomic E-state index is 4.49. The van der Waals surface area contributed by atoms with Gasteiger partial charge in [-0.25, -0.2) is 9.97 Å². The van der Waals surface area contributed by atoms with Gasteiger partial charge >= 0.3 is 0 Å². The summed E-state index contributed by atoms with van der Waals surface area (Å²) in [4.78, 5) is 11.0. The smallest absolute Gasteiger partial charge is 0.137 e. The molecule has 0 saturated heterocycles.